The molecule has 0 spiro atoms. The van der Waals surface area contributed by atoms with Crippen molar-refractivity contribution in [3.8, 4) is 17.2 Å². The quantitative estimate of drug-likeness (QED) is 0.851. The molecule has 4 rings (SSSR count). The molecule has 0 saturated heterocycles. The summed E-state index contributed by atoms with van der Waals surface area (Å²) in [4.78, 5) is 23.8. The summed E-state index contributed by atoms with van der Waals surface area (Å²) in [6, 6.07) is 3.33. The Morgan fingerprint density at radius 1 is 1.18 bits per heavy atom. The predicted molar refractivity (Wildman–Crippen MR) is 104 cm³/mol. The minimum absolute atomic E-state index is 0.330. The highest BCUT2D eigenvalue weighted by molar-refractivity contribution is 6.19. The van der Waals surface area contributed by atoms with Gasteiger partial charge in [-0.15, -0.1) is 0 Å². The van der Waals surface area contributed by atoms with Crippen LogP contribution in [0.5, 0.6) is 17.2 Å². The second-order valence-corrected chi connectivity index (χ2v) is 6.22. The Hall–Kier alpha value is -3.49. The van der Waals surface area contributed by atoms with E-state index in [-0.39, 0.29) is 5.91 Å². The molecule has 0 atom stereocenters. The molecule has 1 aromatic carbocycles. The Labute approximate surface area is 161 Å². The number of furan rings is 1. The topological polar surface area (TPSA) is 97.9 Å². The lowest BCUT2D eigenvalue weighted by molar-refractivity contribution is 0.102. The SMILES string of the molecule is COc1cc(NC(=O)c2c(C)oc3c2C2=NCCN2C=N3)cc(OC)c1OC. The van der Waals surface area contributed by atoms with Crippen LogP contribution in [0.25, 0.3) is 0 Å². The number of fused-ring (bicyclic) bond motifs is 3. The summed E-state index contributed by atoms with van der Waals surface area (Å²) in [5.41, 5.74) is 1.52. The average Bonchev–Trinajstić information content (AvgIpc) is 3.29. The summed E-state index contributed by atoms with van der Waals surface area (Å²) in [5.74, 6) is 2.58. The van der Waals surface area contributed by atoms with E-state index in [0.717, 1.165) is 6.54 Å². The van der Waals surface area contributed by atoms with Crippen molar-refractivity contribution in [3.63, 3.8) is 0 Å². The van der Waals surface area contributed by atoms with Gasteiger partial charge in [0, 0.05) is 24.4 Å². The third-order valence-corrected chi connectivity index (χ3v) is 4.63. The number of methoxy groups -OCH3 is 3. The molecule has 2 aromatic rings. The van der Waals surface area contributed by atoms with Crippen LogP contribution in [-0.4, -0.2) is 57.4 Å². The van der Waals surface area contributed by atoms with Crippen LogP contribution >= 0.6 is 0 Å². The molecule has 3 heterocycles. The molecular formula is C19H20N4O5. The first-order valence-electron chi connectivity index (χ1n) is 8.67. The summed E-state index contributed by atoms with van der Waals surface area (Å²) in [6.45, 7) is 3.12. The summed E-state index contributed by atoms with van der Waals surface area (Å²) in [6.07, 6.45) is 1.68. The van der Waals surface area contributed by atoms with E-state index < -0.39 is 0 Å². The Kier molecular flexibility index (Phi) is 4.42. The molecule has 0 radical (unpaired) electrons. The van der Waals surface area contributed by atoms with Crippen molar-refractivity contribution >= 4 is 29.7 Å². The molecule has 1 aromatic heterocycles. The van der Waals surface area contributed by atoms with E-state index >= 15 is 0 Å². The number of rotatable bonds is 5. The lowest BCUT2D eigenvalue weighted by Gasteiger charge is -2.18. The number of nitrogens with zero attached hydrogens (tertiary/aromatic N) is 3. The number of aliphatic imine (C=N–C) groups is 2. The predicted octanol–water partition coefficient (Wildman–Crippen LogP) is 2.60. The van der Waals surface area contributed by atoms with Gasteiger partial charge in [-0.05, 0) is 6.92 Å². The molecule has 1 N–H and O–H groups in total. The first kappa shape index (κ1) is 17.9. The largest absolute Gasteiger partial charge is 0.493 e. The van der Waals surface area contributed by atoms with Crippen LogP contribution in [0.3, 0.4) is 0 Å². The van der Waals surface area contributed by atoms with Crippen LogP contribution in [0, 0.1) is 6.92 Å². The molecule has 0 saturated carbocycles. The Balaban J connectivity index is 1.71. The standard InChI is InChI=1S/C19H20N4O5/c1-10-14(15-17-20-5-6-23(17)9-21-19(15)28-10)18(24)22-11-7-12(25-2)16(27-4)13(8-11)26-3/h7-9H,5-6H2,1-4H3,(H,22,24). The van der Waals surface area contributed by atoms with Gasteiger partial charge in [-0.2, -0.15) is 0 Å². The summed E-state index contributed by atoms with van der Waals surface area (Å²) >= 11 is 0. The van der Waals surface area contributed by atoms with Gasteiger partial charge in [-0.1, -0.05) is 0 Å². The van der Waals surface area contributed by atoms with Crippen LogP contribution in [0.2, 0.25) is 0 Å². The van der Waals surface area contributed by atoms with E-state index in [0.29, 0.717) is 58.1 Å². The average molecular weight is 384 g/mol. The highest BCUT2D eigenvalue weighted by Crippen LogP contribution is 2.40. The van der Waals surface area contributed by atoms with Gasteiger partial charge in [0.25, 0.3) is 5.91 Å². The van der Waals surface area contributed by atoms with Crippen molar-refractivity contribution in [1.82, 2.24) is 4.90 Å². The number of hydrogen-bond donors (Lipinski definition) is 1. The molecule has 0 aliphatic carbocycles. The van der Waals surface area contributed by atoms with E-state index in [1.807, 2.05) is 4.90 Å². The molecular weight excluding hydrogens is 364 g/mol. The lowest BCUT2D eigenvalue weighted by Crippen LogP contribution is -2.30. The number of benzene rings is 1. The number of nitrogens with one attached hydrogen (secondary N) is 1. The van der Waals surface area contributed by atoms with Gasteiger partial charge >= 0.3 is 0 Å². The number of hydrogen-bond acceptors (Lipinski definition) is 8. The van der Waals surface area contributed by atoms with Crippen LogP contribution in [0.15, 0.2) is 26.5 Å². The van der Waals surface area contributed by atoms with Gasteiger partial charge < -0.3 is 28.8 Å². The van der Waals surface area contributed by atoms with E-state index in [1.165, 1.54) is 21.3 Å². The zero-order valence-electron chi connectivity index (χ0n) is 16.0. The van der Waals surface area contributed by atoms with E-state index in [4.69, 9.17) is 18.6 Å². The molecule has 28 heavy (non-hydrogen) atoms. The monoisotopic (exact) mass is 384 g/mol. The normalized spacial score (nSPS) is 14.3. The second kappa shape index (κ2) is 6.91. The maximum atomic E-state index is 13.1. The second-order valence-electron chi connectivity index (χ2n) is 6.22. The maximum absolute atomic E-state index is 13.1. The fraction of sp³-hybridized carbons (Fsp3) is 0.316. The third kappa shape index (κ3) is 2.75. The van der Waals surface area contributed by atoms with Crippen LogP contribution in [-0.2, 0) is 0 Å². The molecule has 1 amide bonds. The highest BCUT2D eigenvalue weighted by Gasteiger charge is 2.33. The molecule has 2 aliphatic rings. The van der Waals surface area contributed by atoms with Crippen molar-refractivity contribution in [2.45, 2.75) is 6.92 Å². The lowest BCUT2D eigenvalue weighted by atomic mass is 10.1. The third-order valence-electron chi connectivity index (χ3n) is 4.63. The Morgan fingerprint density at radius 2 is 1.89 bits per heavy atom. The smallest absolute Gasteiger partial charge is 0.260 e. The Bertz CT molecular complexity index is 983. The maximum Gasteiger partial charge on any atom is 0.260 e. The van der Waals surface area contributed by atoms with Crippen molar-refractivity contribution in [2.24, 2.45) is 9.98 Å². The molecule has 0 fully saturated rings. The molecule has 9 heteroatoms. The van der Waals surface area contributed by atoms with Crippen molar-refractivity contribution in [1.29, 1.82) is 0 Å². The number of amidine groups is 1. The zero-order chi connectivity index (χ0) is 19.8. The fourth-order valence-corrected chi connectivity index (χ4v) is 3.37. The van der Waals surface area contributed by atoms with Crippen LogP contribution < -0.4 is 19.5 Å². The molecule has 9 nitrogen and oxygen atoms in total. The fourth-order valence-electron chi connectivity index (χ4n) is 3.37. The van der Waals surface area contributed by atoms with Crippen molar-refractivity contribution in [3.05, 3.63) is 29.0 Å². The summed E-state index contributed by atoms with van der Waals surface area (Å²) in [5, 5.41) is 2.88. The van der Waals surface area contributed by atoms with Gasteiger partial charge in [0.05, 0.1) is 39.0 Å². The Morgan fingerprint density at radius 3 is 2.54 bits per heavy atom. The van der Waals surface area contributed by atoms with E-state index in [2.05, 4.69) is 15.3 Å². The molecule has 146 valence electrons. The minimum atomic E-state index is -0.330. The number of ether oxygens (including phenoxy) is 3. The summed E-state index contributed by atoms with van der Waals surface area (Å²) in [7, 11) is 4.56. The van der Waals surface area contributed by atoms with Crippen LogP contribution in [0.4, 0.5) is 11.6 Å². The van der Waals surface area contributed by atoms with Gasteiger partial charge in [0.15, 0.2) is 11.5 Å². The molecule has 0 bridgehead atoms. The van der Waals surface area contributed by atoms with Gasteiger partial charge in [-0.3, -0.25) is 9.79 Å². The summed E-state index contributed by atoms with van der Waals surface area (Å²) < 4.78 is 21.7. The van der Waals surface area contributed by atoms with Gasteiger partial charge in [0.1, 0.15) is 17.9 Å². The molecule has 0 unspecified atom stereocenters. The van der Waals surface area contributed by atoms with E-state index in [1.54, 1.807) is 25.4 Å². The van der Waals surface area contributed by atoms with Crippen molar-refractivity contribution < 1.29 is 23.4 Å². The first-order chi connectivity index (χ1) is 13.6. The minimum Gasteiger partial charge on any atom is -0.493 e. The van der Waals surface area contributed by atoms with Gasteiger partial charge in [-0.25, -0.2) is 4.99 Å². The molecule has 2 aliphatic heterocycles. The number of carbonyl (C=O) groups excluding carboxylic acids is 1. The number of aryl methyl sites for hydroxylation is 1. The van der Waals surface area contributed by atoms with Gasteiger partial charge in [0.2, 0.25) is 11.6 Å². The first-order valence-corrected chi connectivity index (χ1v) is 8.67. The number of anilines is 1. The van der Waals surface area contributed by atoms with Crippen LogP contribution in [0.1, 0.15) is 21.7 Å². The zero-order valence-corrected chi connectivity index (χ0v) is 16.0. The highest BCUT2D eigenvalue weighted by atomic mass is 16.5. The number of carbonyl (C=O) groups is 1. The number of amides is 1. The van der Waals surface area contributed by atoms with Crippen molar-refractivity contribution in [2.75, 3.05) is 39.7 Å². The van der Waals surface area contributed by atoms with E-state index in [9.17, 15) is 4.79 Å².